The van der Waals surface area contributed by atoms with Gasteiger partial charge in [0.05, 0.1) is 6.42 Å². The summed E-state index contributed by atoms with van der Waals surface area (Å²) in [5.41, 5.74) is 2.90. The van der Waals surface area contributed by atoms with Crippen molar-refractivity contribution in [1.29, 1.82) is 0 Å². The van der Waals surface area contributed by atoms with Crippen molar-refractivity contribution < 1.29 is 19.7 Å². The van der Waals surface area contributed by atoms with Crippen LogP contribution in [0.25, 0.3) is 10.8 Å². The molecule has 1 atom stereocenters. The van der Waals surface area contributed by atoms with Crippen LogP contribution >= 0.6 is 12.4 Å². The van der Waals surface area contributed by atoms with Gasteiger partial charge in [-0.1, -0.05) is 54.6 Å². The lowest BCUT2D eigenvalue weighted by Gasteiger charge is -2.13. The zero-order valence-corrected chi connectivity index (χ0v) is 20.7. The Bertz CT molecular complexity index is 1250. The highest BCUT2D eigenvalue weighted by atomic mass is 35.5. The number of fused-ring (bicyclic) bond motifs is 1. The molecule has 0 fully saturated rings. The summed E-state index contributed by atoms with van der Waals surface area (Å²) in [5.74, 6) is 0.737. The van der Waals surface area contributed by atoms with E-state index in [-0.39, 0.29) is 30.7 Å². The molecule has 7 heteroatoms. The molecule has 0 aliphatic carbocycles. The topological polar surface area (TPSA) is 90.8 Å². The minimum atomic E-state index is -0.635. The third-order valence-electron chi connectivity index (χ3n) is 5.67. The zero-order chi connectivity index (χ0) is 24.5. The van der Waals surface area contributed by atoms with Gasteiger partial charge < -0.3 is 25.6 Å². The molecule has 4 N–H and O–H groups in total. The molecule has 0 aliphatic heterocycles. The van der Waals surface area contributed by atoms with Gasteiger partial charge in [0.15, 0.2) is 0 Å². The summed E-state index contributed by atoms with van der Waals surface area (Å²) in [4.78, 5) is 12.5. The number of nitrogens with one attached hydrogen (secondary N) is 2. The van der Waals surface area contributed by atoms with Crippen LogP contribution < -0.4 is 15.4 Å². The maximum Gasteiger partial charge on any atom is 0.228 e. The number of carbonyl (C=O) groups is 1. The Morgan fingerprint density at radius 1 is 0.861 bits per heavy atom. The van der Waals surface area contributed by atoms with Crippen LogP contribution in [-0.2, 0) is 17.6 Å². The highest BCUT2D eigenvalue weighted by molar-refractivity contribution is 5.93. The fourth-order valence-corrected chi connectivity index (χ4v) is 3.79. The van der Waals surface area contributed by atoms with E-state index in [0.29, 0.717) is 25.3 Å². The Labute approximate surface area is 217 Å². The number of rotatable bonds is 11. The van der Waals surface area contributed by atoms with Gasteiger partial charge in [0.25, 0.3) is 0 Å². The number of phenols is 1. The summed E-state index contributed by atoms with van der Waals surface area (Å²) in [5, 5.41) is 27.8. The Morgan fingerprint density at radius 3 is 2.31 bits per heavy atom. The van der Waals surface area contributed by atoms with Gasteiger partial charge in [0.1, 0.15) is 24.2 Å². The largest absolute Gasteiger partial charge is 0.508 e. The molecule has 0 unspecified atom stereocenters. The minimum Gasteiger partial charge on any atom is -0.508 e. The van der Waals surface area contributed by atoms with Crippen LogP contribution in [0.3, 0.4) is 0 Å². The predicted octanol–water partition coefficient (Wildman–Crippen LogP) is 4.72. The average molecular weight is 507 g/mol. The third-order valence-corrected chi connectivity index (χ3v) is 5.67. The first kappa shape index (κ1) is 27.0. The van der Waals surface area contributed by atoms with E-state index in [9.17, 15) is 15.0 Å². The summed E-state index contributed by atoms with van der Waals surface area (Å²) < 4.78 is 5.50. The summed E-state index contributed by atoms with van der Waals surface area (Å²) >= 11 is 0. The lowest BCUT2D eigenvalue weighted by molar-refractivity contribution is -0.115. The van der Waals surface area contributed by atoms with Gasteiger partial charge in [-0.15, -0.1) is 12.4 Å². The van der Waals surface area contributed by atoms with E-state index in [1.165, 1.54) is 5.39 Å². The van der Waals surface area contributed by atoms with Gasteiger partial charge in [-0.3, -0.25) is 4.79 Å². The van der Waals surface area contributed by atoms with Crippen molar-refractivity contribution in [3.05, 3.63) is 102 Å². The highest BCUT2D eigenvalue weighted by Crippen LogP contribution is 2.17. The van der Waals surface area contributed by atoms with Crippen molar-refractivity contribution in [3.63, 3.8) is 0 Å². The molecule has 0 aliphatic rings. The molecular weight excluding hydrogens is 476 g/mol. The maximum absolute atomic E-state index is 12.5. The lowest BCUT2D eigenvalue weighted by atomic mass is 10.0. The fourth-order valence-electron chi connectivity index (χ4n) is 3.79. The Balaban J connectivity index is 0.00000361. The van der Waals surface area contributed by atoms with E-state index in [0.717, 1.165) is 28.6 Å². The van der Waals surface area contributed by atoms with Gasteiger partial charge in [-0.2, -0.15) is 0 Å². The number of aliphatic hydroxyl groups is 1. The van der Waals surface area contributed by atoms with Crippen LogP contribution in [0.4, 0.5) is 5.69 Å². The molecule has 0 saturated carbocycles. The molecule has 6 nitrogen and oxygen atoms in total. The standard InChI is InChI=1S/C29H30N2O4.ClH/c32-26-11-13-28(14-12-26)35-20-27(33)19-30-16-15-21-6-9-25(10-7-21)31-29(34)18-22-5-8-23-3-1-2-4-24(23)17-22;/h1-14,17,27,30,32-33H,15-16,18-20H2,(H,31,34);1H/t27-;/m0./s1. The number of amides is 1. The van der Waals surface area contributed by atoms with Crippen LogP contribution in [0, 0.1) is 0 Å². The second kappa shape index (κ2) is 13.5. The Hall–Kier alpha value is -3.58. The average Bonchev–Trinajstić information content (AvgIpc) is 2.87. The molecule has 0 spiro atoms. The van der Waals surface area contributed by atoms with Crippen LogP contribution in [0.5, 0.6) is 11.5 Å². The fraction of sp³-hybridized carbons (Fsp3) is 0.207. The van der Waals surface area contributed by atoms with E-state index >= 15 is 0 Å². The summed E-state index contributed by atoms with van der Waals surface area (Å²) in [6.45, 7) is 1.30. The molecular formula is C29H31ClN2O4. The van der Waals surface area contributed by atoms with Crippen molar-refractivity contribution in [2.75, 3.05) is 25.0 Å². The monoisotopic (exact) mass is 506 g/mol. The summed E-state index contributed by atoms with van der Waals surface area (Å²) in [6.07, 6.45) is 0.496. The third kappa shape index (κ3) is 8.27. The molecule has 4 aromatic rings. The molecule has 0 radical (unpaired) electrons. The van der Waals surface area contributed by atoms with Crippen LogP contribution in [0.15, 0.2) is 91.0 Å². The SMILES string of the molecule is Cl.O=C(Cc1ccc2ccccc2c1)Nc1ccc(CCNC[C@H](O)COc2ccc(O)cc2)cc1. The van der Waals surface area contributed by atoms with Crippen LogP contribution in [0.2, 0.25) is 0 Å². The molecule has 0 bridgehead atoms. The van der Waals surface area contributed by atoms with Gasteiger partial charge in [-0.25, -0.2) is 0 Å². The van der Waals surface area contributed by atoms with Gasteiger partial charge in [0, 0.05) is 12.2 Å². The Kier molecular flexibility index (Phi) is 10.1. The molecule has 188 valence electrons. The molecule has 0 saturated heterocycles. The molecule has 4 rings (SSSR count). The van der Waals surface area contributed by atoms with Crippen molar-refractivity contribution in [2.24, 2.45) is 0 Å². The van der Waals surface area contributed by atoms with Crippen LogP contribution in [-0.4, -0.2) is 41.9 Å². The highest BCUT2D eigenvalue weighted by Gasteiger charge is 2.07. The van der Waals surface area contributed by atoms with E-state index in [4.69, 9.17) is 4.74 Å². The second-order valence-electron chi connectivity index (χ2n) is 8.52. The first-order valence-corrected chi connectivity index (χ1v) is 11.7. The first-order valence-electron chi connectivity index (χ1n) is 11.7. The quantitative estimate of drug-likeness (QED) is 0.221. The molecule has 36 heavy (non-hydrogen) atoms. The normalized spacial score (nSPS) is 11.5. The molecule has 4 aromatic carbocycles. The number of ether oxygens (including phenoxy) is 1. The second-order valence-corrected chi connectivity index (χ2v) is 8.52. The summed E-state index contributed by atoms with van der Waals surface area (Å²) in [7, 11) is 0. The van der Waals surface area contributed by atoms with Crippen molar-refractivity contribution >= 4 is 34.8 Å². The van der Waals surface area contributed by atoms with Gasteiger partial charge in [-0.05, 0) is 71.3 Å². The van der Waals surface area contributed by atoms with E-state index in [1.54, 1.807) is 24.3 Å². The molecule has 0 aromatic heterocycles. The number of carbonyl (C=O) groups excluding carboxylic acids is 1. The first-order chi connectivity index (χ1) is 17.0. The maximum atomic E-state index is 12.5. The number of anilines is 1. The molecule has 0 heterocycles. The number of phenolic OH excluding ortho intramolecular Hbond substituents is 1. The number of aromatic hydroxyl groups is 1. The van der Waals surface area contributed by atoms with E-state index in [2.05, 4.69) is 28.8 Å². The number of hydrogen-bond acceptors (Lipinski definition) is 5. The van der Waals surface area contributed by atoms with Crippen molar-refractivity contribution in [1.82, 2.24) is 5.32 Å². The summed E-state index contributed by atoms with van der Waals surface area (Å²) in [6, 6.07) is 28.4. The van der Waals surface area contributed by atoms with Crippen molar-refractivity contribution in [2.45, 2.75) is 18.9 Å². The number of hydrogen-bond donors (Lipinski definition) is 4. The lowest BCUT2D eigenvalue weighted by Crippen LogP contribution is -2.32. The van der Waals surface area contributed by atoms with Gasteiger partial charge >= 0.3 is 0 Å². The van der Waals surface area contributed by atoms with E-state index < -0.39 is 6.10 Å². The molecule has 1 amide bonds. The number of halogens is 1. The van der Waals surface area contributed by atoms with Crippen LogP contribution in [0.1, 0.15) is 11.1 Å². The number of aliphatic hydroxyl groups excluding tert-OH is 1. The number of benzene rings is 4. The van der Waals surface area contributed by atoms with E-state index in [1.807, 2.05) is 48.5 Å². The minimum absolute atomic E-state index is 0. The zero-order valence-electron chi connectivity index (χ0n) is 19.9. The van der Waals surface area contributed by atoms with Crippen molar-refractivity contribution in [3.8, 4) is 11.5 Å². The predicted molar refractivity (Wildman–Crippen MR) is 146 cm³/mol. The smallest absolute Gasteiger partial charge is 0.228 e. The van der Waals surface area contributed by atoms with Gasteiger partial charge in [0.2, 0.25) is 5.91 Å². The Morgan fingerprint density at radius 2 is 1.56 bits per heavy atom.